The van der Waals surface area contributed by atoms with E-state index in [1.165, 1.54) is 5.56 Å². The van der Waals surface area contributed by atoms with Gasteiger partial charge in [-0.15, -0.1) is 0 Å². The zero-order valence-corrected chi connectivity index (χ0v) is 20.2. The van der Waals surface area contributed by atoms with E-state index in [9.17, 15) is 4.79 Å². The number of rotatable bonds is 7. The fourth-order valence-corrected chi connectivity index (χ4v) is 4.30. The molecule has 3 heterocycles. The maximum atomic E-state index is 13.0. The van der Waals surface area contributed by atoms with Crippen molar-refractivity contribution in [3.8, 4) is 17.1 Å². The van der Waals surface area contributed by atoms with Crippen LogP contribution in [-0.2, 0) is 6.42 Å². The van der Waals surface area contributed by atoms with Crippen LogP contribution in [0.1, 0.15) is 33.8 Å². The second-order valence-electron chi connectivity index (χ2n) is 9.12. The van der Waals surface area contributed by atoms with Crippen LogP contribution in [0.25, 0.3) is 17.1 Å². The van der Waals surface area contributed by atoms with Crippen molar-refractivity contribution >= 4 is 5.91 Å². The van der Waals surface area contributed by atoms with Crippen molar-refractivity contribution in [1.82, 2.24) is 29.7 Å². The fraction of sp³-hybridized carbons (Fsp3) is 0.333. The van der Waals surface area contributed by atoms with E-state index in [1.807, 2.05) is 77.4 Å². The third-order valence-electron chi connectivity index (χ3n) is 6.39. The van der Waals surface area contributed by atoms with Gasteiger partial charge in [0.2, 0.25) is 11.7 Å². The number of amides is 1. The maximum absolute atomic E-state index is 13.0. The lowest BCUT2D eigenvalue weighted by molar-refractivity contribution is 0.0635. The van der Waals surface area contributed by atoms with E-state index in [1.54, 1.807) is 0 Å². The first-order valence-corrected chi connectivity index (χ1v) is 12.1. The summed E-state index contributed by atoms with van der Waals surface area (Å²) in [5.41, 5.74) is 4.95. The molecule has 0 N–H and O–H groups in total. The van der Waals surface area contributed by atoms with Crippen molar-refractivity contribution in [1.29, 1.82) is 0 Å². The summed E-state index contributed by atoms with van der Waals surface area (Å²) >= 11 is 0. The molecule has 5 rings (SSSR count). The van der Waals surface area contributed by atoms with Crippen LogP contribution in [0.2, 0.25) is 0 Å². The summed E-state index contributed by atoms with van der Waals surface area (Å²) in [7, 11) is 0. The highest BCUT2D eigenvalue weighted by Crippen LogP contribution is 2.17. The molecule has 35 heavy (non-hydrogen) atoms. The van der Waals surface area contributed by atoms with Gasteiger partial charge in [0, 0.05) is 49.9 Å². The van der Waals surface area contributed by atoms with Crippen molar-refractivity contribution in [3.63, 3.8) is 0 Å². The molecule has 0 unspecified atom stereocenters. The Bertz CT molecular complexity index is 1270. The van der Waals surface area contributed by atoms with E-state index in [4.69, 9.17) is 4.52 Å². The summed E-state index contributed by atoms with van der Waals surface area (Å²) in [6.45, 7) is 8.22. The highest BCUT2D eigenvalue weighted by molar-refractivity contribution is 5.94. The normalized spacial score (nSPS) is 14.4. The molecule has 0 spiro atoms. The van der Waals surface area contributed by atoms with Gasteiger partial charge >= 0.3 is 0 Å². The second kappa shape index (κ2) is 10.2. The van der Waals surface area contributed by atoms with Crippen molar-refractivity contribution in [2.75, 3.05) is 32.7 Å². The minimum Gasteiger partial charge on any atom is -0.339 e. The van der Waals surface area contributed by atoms with E-state index < -0.39 is 0 Å². The Balaban J connectivity index is 1.07. The highest BCUT2D eigenvalue weighted by atomic mass is 16.5. The summed E-state index contributed by atoms with van der Waals surface area (Å²) in [5.74, 6) is 1.39. The minimum atomic E-state index is 0.0855. The van der Waals surface area contributed by atoms with Gasteiger partial charge in [-0.1, -0.05) is 35.0 Å². The van der Waals surface area contributed by atoms with Gasteiger partial charge in [0.1, 0.15) is 0 Å². The Morgan fingerprint density at radius 3 is 2.37 bits per heavy atom. The third-order valence-corrected chi connectivity index (χ3v) is 6.39. The number of hydrogen-bond acceptors (Lipinski definition) is 6. The first kappa shape index (κ1) is 23.0. The molecule has 2 aromatic heterocycles. The molecule has 0 aliphatic carbocycles. The van der Waals surface area contributed by atoms with E-state index in [2.05, 4.69) is 27.1 Å². The van der Waals surface area contributed by atoms with E-state index >= 15 is 0 Å². The van der Waals surface area contributed by atoms with Gasteiger partial charge in [0.05, 0.1) is 11.9 Å². The summed E-state index contributed by atoms with van der Waals surface area (Å²) in [4.78, 5) is 21.8. The lowest BCUT2D eigenvalue weighted by Crippen LogP contribution is -2.48. The number of piperazine rings is 1. The standard InChI is InChI=1S/C27H30N6O2/c1-20-5-7-22(8-6-20)26-29-25(35-30-26)4-3-13-31-14-16-32(17-15-31)27(34)23-9-11-24(12-10-23)33-19-21(2)18-28-33/h5-12,18-19H,3-4,13-17H2,1-2H3. The molecule has 4 aromatic rings. The molecular weight excluding hydrogens is 440 g/mol. The molecule has 0 saturated carbocycles. The quantitative estimate of drug-likeness (QED) is 0.407. The molecule has 0 bridgehead atoms. The summed E-state index contributed by atoms with van der Waals surface area (Å²) in [6.07, 6.45) is 5.48. The van der Waals surface area contributed by atoms with Crippen molar-refractivity contribution in [3.05, 3.63) is 83.5 Å². The third kappa shape index (κ3) is 5.49. The van der Waals surface area contributed by atoms with Crippen LogP contribution in [0.3, 0.4) is 0 Å². The summed E-state index contributed by atoms with van der Waals surface area (Å²) in [6, 6.07) is 15.8. The average molecular weight is 471 g/mol. The lowest BCUT2D eigenvalue weighted by Gasteiger charge is -2.34. The Kier molecular flexibility index (Phi) is 6.72. The number of hydrogen-bond donors (Lipinski definition) is 0. The molecule has 1 fully saturated rings. The molecule has 8 heteroatoms. The van der Waals surface area contributed by atoms with E-state index in [0.29, 0.717) is 17.3 Å². The number of aryl methyl sites for hydroxylation is 3. The SMILES string of the molecule is Cc1ccc(-c2noc(CCCN3CCN(C(=O)c4ccc(-n5cc(C)cn5)cc4)CC3)n2)cc1. The maximum Gasteiger partial charge on any atom is 0.253 e. The molecule has 1 amide bonds. The molecule has 8 nitrogen and oxygen atoms in total. The monoisotopic (exact) mass is 470 g/mol. The molecule has 180 valence electrons. The summed E-state index contributed by atoms with van der Waals surface area (Å²) < 4.78 is 7.26. The summed E-state index contributed by atoms with van der Waals surface area (Å²) in [5, 5.41) is 8.44. The van der Waals surface area contributed by atoms with Crippen LogP contribution in [0.15, 0.2) is 65.4 Å². The number of aromatic nitrogens is 4. The van der Waals surface area contributed by atoms with Gasteiger partial charge in [0.25, 0.3) is 5.91 Å². The average Bonchev–Trinajstić information content (AvgIpc) is 3.54. The predicted molar refractivity (Wildman–Crippen MR) is 133 cm³/mol. The second-order valence-corrected chi connectivity index (χ2v) is 9.12. The minimum absolute atomic E-state index is 0.0855. The Labute approximate surface area is 205 Å². The molecule has 2 aromatic carbocycles. The first-order valence-electron chi connectivity index (χ1n) is 12.1. The number of nitrogens with zero attached hydrogens (tertiary/aromatic N) is 6. The molecule has 0 atom stereocenters. The van der Waals surface area contributed by atoms with Gasteiger partial charge in [-0.25, -0.2) is 4.68 Å². The first-order chi connectivity index (χ1) is 17.0. The number of benzene rings is 2. The van der Waals surface area contributed by atoms with Gasteiger partial charge in [-0.2, -0.15) is 10.1 Å². The van der Waals surface area contributed by atoms with Crippen molar-refractivity contribution < 1.29 is 9.32 Å². The topological polar surface area (TPSA) is 80.3 Å². The van der Waals surface area contributed by atoms with Crippen LogP contribution in [0.4, 0.5) is 0 Å². The van der Waals surface area contributed by atoms with Gasteiger partial charge < -0.3 is 9.42 Å². The smallest absolute Gasteiger partial charge is 0.253 e. The van der Waals surface area contributed by atoms with Crippen LogP contribution in [0, 0.1) is 13.8 Å². The van der Waals surface area contributed by atoms with Gasteiger partial charge in [-0.05, 0) is 56.6 Å². The molecular formula is C27H30N6O2. The molecule has 0 radical (unpaired) electrons. The molecule has 1 saturated heterocycles. The molecule has 1 aliphatic rings. The Morgan fingerprint density at radius 1 is 0.943 bits per heavy atom. The van der Waals surface area contributed by atoms with Gasteiger partial charge in [0.15, 0.2) is 0 Å². The van der Waals surface area contributed by atoms with Crippen molar-refractivity contribution in [2.45, 2.75) is 26.7 Å². The van der Waals surface area contributed by atoms with Crippen LogP contribution in [0.5, 0.6) is 0 Å². The zero-order valence-electron chi connectivity index (χ0n) is 20.2. The Morgan fingerprint density at radius 2 is 1.69 bits per heavy atom. The largest absolute Gasteiger partial charge is 0.339 e. The van der Waals surface area contributed by atoms with Crippen molar-refractivity contribution in [2.24, 2.45) is 0 Å². The zero-order chi connectivity index (χ0) is 24.2. The fourth-order valence-electron chi connectivity index (χ4n) is 4.30. The lowest BCUT2D eigenvalue weighted by atomic mass is 10.1. The van der Waals surface area contributed by atoms with Crippen LogP contribution in [-0.4, -0.2) is 68.4 Å². The Hall–Kier alpha value is -3.78. The van der Waals surface area contributed by atoms with E-state index in [0.717, 1.165) is 62.4 Å². The number of carbonyl (C=O) groups excluding carboxylic acids is 1. The predicted octanol–water partition coefficient (Wildman–Crippen LogP) is 3.93. The molecule has 1 aliphatic heterocycles. The number of carbonyl (C=O) groups is 1. The highest BCUT2D eigenvalue weighted by Gasteiger charge is 2.22. The van der Waals surface area contributed by atoms with Crippen LogP contribution < -0.4 is 0 Å². The van der Waals surface area contributed by atoms with Crippen LogP contribution >= 0.6 is 0 Å². The van der Waals surface area contributed by atoms with E-state index in [-0.39, 0.29) is 5.91 Å². The van der Waals surface area contributed by atoms with Gasteiger partial charge in [-0.3, -0.25) is 9.69 Å².